The molecule has 0 spiro atoms. The maximum absolute atomic E-state index is 8.65. The lowest BCUT2D eigenvalue weighted by atomic mass is 9.88. The van der Waals surface area contributed by atoms with Crippen LogP contribution in [0.1, 0.15) is 40.0 Å². The van der Waals surface area contributed by atoms with Gasteiger partial charge in [0, 0.05) is 18.7 Å². The molecule has 0 bridgehead atoms. The Morgan fingerprint density at radius 3 is 2.75 bits per heavy atom. The Morgan fingerprint density at radius 2 is 2.15 bits per heavy atom. The molecule has 20 heavy (non-hydrogen) atoms. The summed E-state index contributed by atoms with van der Waals surface area (Å²) in [6.07, 6.45) is 2.42. The molecule has 3 nitrogen and oxygen atoms in total. The Bertz CT molecular complexity index is 466. The second-order valence-corrected chi connectivity index (χ2v) is 6.08. The minimum Gasteiger partial charge on any atom is -0.492 e. The summed E-state index contributed by atoms with van der Waals surface area (Å²) in [6, 6.07) is 7.94. The molecule has 110 valence electrons. The van der Waals surface area contributed by atoms with E-state index in [2.05, 4.69) is 32.2 Å². The van der Waals surface area contributed by atoms with Gasteiger partial charge < -0.3 is 10.1 Å². The Morgan fingerprint density at radius 1 is 1.40 bits per heavy atom. The minimum absolute atomic E-state index is 0.0829. The number of nitriles is 1. The summed E-state index contributed by atoms with van der Waals surface area (Å²) in [4.78, 5) is 0. The van der Waals surface area contributed by atoms with Gasteiger partial charge in [-0.3, -0.25) is 0 Å². The zero-order valence-corrected chi connectivity index (χ0v) is 13.3. The van der Waals surface area contributed by atoms with Crippen LogP contribution in [0.2, 0.25) is 5.02 Å². The number of rotatable bonds is 8. The zero-order chi connectivity index (χ0) is 15.0. The van der Waals surface area contributed by atoms with Crippen molar-refractivity contribution in [3.8, 4) is 11.8 Å². The number of hydrogen-bond acceptors (Lipinski definition) is 3. The molecular formula is C16H23ClN2O. The van der Waals surface area contributed by atoms with Crippen LogP contribution in [0.15, 0.2) is 18.2 Å². The van der Waals surface area contributed by atoms with E-state index in [4.69, 9.17) is 21.6 Å². The topological polar surface area (TPSA) is 45.0 Å². The molecule has 1 aromatic rings. The maximum atomic E-state index is 8.65. The highest BCUT2D eigenvalue weighted by molar-refractivity contribution is 6.32. The predicted octanol–water partition coefficient (Wildman–Crippen LogP) is 4.87. The fourth-order valence-corrected chi connectivity index (χ4v) is 2.00. The van der Waals surface area contributed by atoms with Crippen LogP contribution in [0.3, 0.4) is 0 Å². The van der Waals surface area contributed by atoms with Gasteiger partial charge >= 0.3 is 0 Å². The third-order valence-electron chi connectivity index (χ3n) is 3.08. The molecule has 4 heteroatoms. The standard InChI is InChI=1S/C16H23ClN2O/c1-4-10-20-15-7-6-13(11-14(15)17)19-12-16(2,3)8-5-9-18/h6-7,11,19H,4-5,8,10,12H2,1-3H3. The van der Waals surface area contributed by atoms with Gasteiger partial charge in [0.05, 0.1) is 17.7 Å². The Labute approximate surface area is 126 Å². The van der Waals surface area contributed by atoms with Gasteiger partial charge in [-0.25, -0.2) is 0 Å². The molecule has 0 unspecified atom stereocenters. The Hall–Kier alpha value is -1.40. The van der Waals surface area contributed by atoms with E-state index in [1.54, 1.807) is 0 Å². The highest BCUT2D eigenvalue weighted by Crippen LogP contribution is 2.29. The molecule has 1 rings (SSSR count). The van der Waals surface area contributed by atoms with Crippen molar-refractivity contribution in [3.63, 3.8) is 0 Å². The third kappa shape index (κ3) is 5.71. The van der Waals surface area contributed by atoms with Gasteiger partial charge in [0.15, 0.2) is 0 Å². The molecule has 1 N–H and O–H groups in total. The number of halogens is 1. The first-order valence-electron chi connectivity index (χ1n) is 7.01. The number of nitrogens with one attached hydrogen (secondary N) is 1. The van der Waals surface area contributed by atoms with Gasteiger partial charge in [0.25, 0.3) is 0 Å². The maximum Gasteiger partial charge on any atom is 0.138 e. The van der Waals surface area contributed by atoms with Crippen LogP contribution < -0.4 is 10.1 Å². The first-order chi connectivity index (χ1) is 9.48. The fourth-order valence-electron chi connectivity index (χ4n) is 1.76. The van der Waals surface area contributed by atoms with Gasteiger partial charge in [-0.2, -0.15) is 5.26 Å². The van der Waals surface area contributed by atoms with Crippen molar-refractivity contribution < 1.29 is 4.74 Å². The van der Waals surface area contributed by atoms with Crippen LogP contribution in [0.25, 0.3) is 0 Å². The number of anilines is 1. The molecule has 0 aromatic heterocycles. The van der Waals surface area contributed by atoms with Crippen LogP contribution in [-0.4, -0.2) is 13.2 Å². The lowest BCUT2D eigenvalue weighted by Gasteiger charge is -2.24. The lowest BCUT2D eigenvalue weighted by molar-refractivity contribution is 0.317. The first kappa shape index (κ1) is 16.7. The van der Waals surface area contributed by atoms with Crippen molar-refractivity contribution in [3.05, 3.63) is 23.2 Å². The average Bonchev–Trinajstić information content (AvgIpc) is 2.42. The third-order valence-corrected chi connectivity index (χ3v) is 3.37. The van der Waals surface area contributed by atoms with E-state index >= 15 is 0 Å². The van der Waals surface area contributed by atoms with Crippen LogP contribution in [0.4, 0.5) is 5.69 Å². The second-order valence-electron chi connectivity index (χ2n) is 5.67. The van der Waals surface area contributed by atoms with Crippen molar-refractivity contribution >= 4 is 17.3 Å². The first-order valence-corrected chi connectivity index (χ1v) is 7.39. The lowest BCUT2D eigenvalue weighted by Crippen LogP contribution is -2.22. The molecule has 0 amide bonds. The van der Waals surface area contributed by atoms with Crippen LogP contribution in [-0.2, 0) is 0 Å². The van der Waals surface area contributed by atoms with E-state index < -0.39 is 0 Å². The summed E-state index contributed by atoms with van der Waals surface area (Å²) >= 11 is 6.19. The van der Waals surface area contributed by atoms with E-state index in [0.29, 0.717) is 18.1 Å². The average molecular weight is 295 g/mol. The molecule has 0 aliphatic heterocycles. The van der Waals surface area contributed by atoms with Gasteiger partial charge in [0.2, 0.25) is 0 Å². The van der Waals surface area contributed by atoms with Crippen molar-refractivity contribution in [2.24, 2.45) is 5.41 Å². The summed E-state index contributed by atoms with van der Waals surface area (Å²) in [5, 5.41) is 12.6. The fraction of sp³-hybridized carbons (Fsp3) is 0.562. The molecule has 0 saturated heterocycles. The second kappa shape index (κ2) is 8.01. The number of ether oxygens (including phenoxy) is 1. The molecule has 0 atom stereocenters. The number of nitrogens with zero attached hydrogens (tertiary/aromatic N) is 1. The van der Waals surface area contributed by atoms with Gasteiger partial charge in [-0.05, 0) is 36.5 Å². The van der Waals surface area contributed by atoms with E-state index in [0.717, 1.165) is 30.8 Å². The van der Waals surface area contributed by atoms with E-state index in [9.17, 15) is 0 Å². The molecular weight excluding hydrogens is 272 g/mol. The van der Waals surface area contributed by atoms with Gasteiger partial charge in [-0.15, -0.1) is 0 Å². The summed E-state index contributed by atoms with van der Waals surface area (Å²) in [6.45, 7) is 7.84. The van der Waals surface area contributed by atoms with Crippen molar-refractivity contribution in [2.45, 2.75) is 40.0 Å². The molecule has 0 saturated carbocycles. The molecule has 0 heterocycles. The number of hydrogen-bond donors (Lipinski definition) is 1. The normalized spacial score (nSPS) is 10.9. The van der Waals surface area contributed by atoms with E-state index in [1.807, 2.05) is 18.2 Å². The molecule has 0 aliphatic rings. The monoisotopic (exact) mass is 294 g/mol. The van der Waals surface area contributed by atoms with Crippen LogP contribution >= 0.6 is 11.6 Å². The smallest absolute Gasteiger partial charge is 0.138 e. The van der Waals surface area contributed by atoms with E-state index in [1.165, 1.54) is 0 Å². The molecule has 0 aliphatic carbocycles. The molecule has 0 radical (unpaired) electrons. The van der Waals surface area contributed by atoms with Crippen LogP contribution in [0.5, 0.6) is 5.75 Å². The Balaban J connectivity index is 2.57. The van der Waals surface area contributed by atoms with Crippen molar-refractivity contribution in [1.82, 2.24) is 0 Å². The van der Waals surface area contributed by atoms with E-state index in [-0.39, 0.29) is 5.41 Å². The SMILES string of the molecule is CCCOc1ccc(NCC(C)(C)CCC#N)cc1Cl. The molecule has 0 fully saturated rings. The van der Waals surface area contributed by atoms with Crippen molar-refractivity contribution in [2.75, 3.05) is 18.5 Å². The summed E-state index contributed by atoms with van der Waals surface area (Å²) < 4.78 is 5.54. The zero-order valence-electron chi connectivity index (χ0n) is 12.5. The largest absolute Gasteiger partial charge is 0.492 e. The van der Waals surface area contributed by atoms with Crippen LogP contribution in [0, 0.1) is 16.7 Å². The summed E-state index contributed by atoms with van der Waals surface area (Å²) in [7, 11) is 0. The summed E-state index contributed by atoms with van der Waals surface area (Å²) in [5.74, 6) is 0.725. The highest BCUT2D eigenvalue weighted by atomic mass is 35.5. The highest BCUT2D eigenvalue weighted by Gasteiger charge is 2.17. The Kier molecular flexibility index (Phi) is 6.67. The summed E-state index contributed by atoms with van der Waals surface area (Å²) in [5.41, 5.74) is 1.06. The molecule has 1 aromatic carbocycles. The van der Waals surface area contributed by atoms with Gasteiger partial charge in [0.1, 0.15) is 5.75 Å². The minimum atomic E-state index is 0.0829. The number of benzene rings is 1. The van der Waals surface area contributed by atoms with Crippen molar-refractivity contribution in [1.29, 1.82) is 5.26 Å². The quantitative estimate of drug-likeness (QED) is 0.744. The van der Waals surface area contributed by atoms with Gasteiger partial charge in [-0.1, -0.05) is 32.4 Å². The predicted molar refractivity (Wildman–Crippen MR) is 84.4 cm³/mol.